The second-order valence-corrected chi connectivity index (χ2v) is 9.51. The molecule has 0 saturated heterocycles. The van der Waals surface area contributed by atoms with Gasteiger partial charge in [0.05, 0.1) is 13.9 Å². The zero-order valence-electron chi connectivity index (χ0n) is 15.8. The van der Waals surface area contributed by atoms with Gasteiger partial charge in [0.15, 0.2) is 6.61 Å². The minimum absolute atomic E-state index is 0.136. The van der Waals surface area contributed by atoms with Crippen molar-refractivity contribution >= 4 is 50.4 Å². The molecule has 1 N–H and O–H groups in total. The van der Waals surface area contributed by atoms with Gasteiger partial charge in [-0.25, -0.2) is 0 Å². The number of aryl methyl sites for hydroxylation is 1. The third-order valence-corrected chi connectivity index (χ3v) is 6.96. The van der Waals surface area contributed by atoms with Crippen LogP contribution in [0.2, 0.25) is 0 Å². The Balaban J connectivity index is 1.75. The third kappa shape index (κ3) is 4.62. The highest BCUT2D eigenvalue weighted by molar-refractivity contribution is 9.10. The molecule has 0 radical (unpaired) electrons. The van der Waals surface area contributed by atoms with E-state index in [2.05, 4.69) is 41.2 Å². The summed E-state index contributed by atoms with van der Waals surface area (Å²) in [6, 6.07) is 8.07. The van der Waals surface area contributed by atoms with Gasteiger partial charge in [0.2, 0.25) is 0 Å². The molecule has 146 valence electrons. The first kappa shape index (κ1) is 21.0. The molecule has 3 rings (SSSR count). The molecule has 1 heterocycles. The molecule has 1 aliphatic carbocycles. The van der Waals surface area contributed by atoms with Crippen LogP contribution in [0.15, 0.2) is 22.7 Å². The number of nitrogens with one attached hydrogen (secondary N) is 1. The summed E-state index contributed by atoms with van der Waals surface area (Å²) < 4.78 is 7.21. The number of nitriles is 1. The SMILES string of the molecule is CCc1ccc(OCC(=O)Nc2sc(=S)c3c(c2C#N)CCC(C)C3)c(Br)c1. The molecule has 1 aromatic carbocycles. The standard InChI is InChI=1S/C21H21BrN2O2S2/c1-3-13-5-7-18(17(22)9-13)26-11-19(25)24-20-16(10-23)14-6-4-12(2)8-15(14)21(27)28-20/h5,7,9,12H,3-4,6,8,11H2,1-2H3,(H,24,25). The van der Waals surface area contributed by atoms with Crippen molar-refractivity contribution in [1.29, 1.82) is 5.26 Å². The highest BCUT2D eigenvalue weighted by atomic mass is 79.9. The fourth-order valence-electron chi connectivity index (χ4n) is 3.33. The summed E-state index contributed by atoms with van der Waals surface area (Å²) >= 11 is 10.3. The van der Waals surface area contributed by atoms with Gasteiger partial charge in [0.1, 0.15) is 16.8 Å². The third-order valence-electron chi connectivity index (χ3n) is 4.90. The summed E-state index contributed by atoms with van der Waals surface area (Å²) in [5, 5.41) is 13.0. The number of rotatable bonds is 5. The van der Waals surface area contributed by atoms with Gasteiger partial charge in [-0.3, -0.25) is 4.79 Å². The Kier molecular flexibility index (Phi) is 6.86. The number of amides is 1. The van der Waals surface area contributed by atoms with Crippen molar-refractivity contribution in [2.75, 3.05) is 11.9 Å². The van der Waals surface area contributed by atoms with Crippen LogP contribution in [-0.4, -0.2) is 12.5 Å². The number of nitrogens with zero attached hydrogens (tertiary/aromatic N) is 1. The molecule has 4 nitrogen and oxygen atoms in total. The molecule has 1 atom stereocenters. The van der Waals surface area contributed by atoms with Crippen LogP contribution in [0.25, 0.3) is 0 Å². The first-order chi connectivity index (χ1) is 13.4. The lowest BCUT2D eigenvalue weighted by atomic mass is 9.85. The van der Waals surface area contributed by atoms with Gasteiger partial charge in [-0.2, -0.15) is 5.26 Å². The Morgan fingerprint density at radius 3 is 2.93 bits per heavy atom. The lowest BCUT2D eigenvalue weighted by Gasteiger charge is -2.23. The first-order valence-corrected chi connectivity index (χ1v) is 11.2. The Hall–Kier alpha value is -1.75. The van der Waals surface area contributed by atoms with Crippen LogP contribution >= 0.6 is 39.5 Å². The van der Waals surface area contributed by atoms with Crippen molar-refractivity contribution in [3.05, 3.63) is 48.7 Å². The van der Waals surface area contributed by atoms with E-state index in [-0.39, 0.29) is 12.5 Å². The molecule has 0 bridgehead atoms. The number of halogens is 1. The fourth-order valence-corrected chi connectivity index (χ4v) is 5.28. The Bertz CT molecular complexity index is 1010. The highest BCUT2D eigenvalue weighted by Gasteiger charge is 2.23. The lowest BCUT2D eigenvalue weighted by Crippen LogP contribution is -2.21. The molecule has 2 aromatic rings. The number of anilines is 1. The Morgan fingerprint density at radius 1 is 1.46 bits per heavy atom. The fraction of sp³-hybridized carbons (Fsp3) is 0.381. The van der Waals surface area contributed by atoms with E-state index in [4.69, 9.17) is 17.0 Å². The van der Waals surface area contributed by atoms with Gasteiger partial charge >= 0.3 is 0 Å². The zero-order chi connectivity index (χ0) is 20.3. The van der Waals surface area contributed by atoms with Gasteiger partial charge in [0, 0.05) is 0 Å². The van der Waals surface area contributed by atoms with E-state index in [1.165, 1.54) is 16.9 Å². The molecule has 1 aromatic heterocycles. The Morgan fingerprint density at radius 2 is 2.25 bits per heavy atom. The summed E-state index contributed by atoms with van der Waals surface area (Å²) in [6.07, 6.45) is 3.69. The summed E-state index contributed by atoms with van der Waals surface area (Å²) in [5.74, 6) is 0.872. The topological polar surface area (TPSA) is 62.1 Å². The number of hydrogen-bond donors (Lipinski definition) is 1. The van der Waals surface area contributed by atoms with E-state index in [1.807, 2.05) is 18.2 Å². The van der Waals surface area contributed by atoms with Gasteiger partial charge in [-0.15, -0.1) is 11.3 Å². The van der Waals surface area contributed by atoms with Crippen molar-refractivity contribution in [1.82, 2.24) is 0 Å². The van der Waals surface area contributed by atoms with Crippen LogP contribution in [-0.2, 0) is 24.1 Å². The minimum Gasteiger partial charge on any atom is -0.483 e. The molecule has 28 heavy (non-hydrogen) atoms. The summed E-state index contributed by atoms with van der Waals surface area (Å²) in [5.41, 5.74) is 3.83. The first-order valence-electron chi connectivity index (χ1n) is 9.23. The predicted molar refractivity (Wildman–Crippen MR) is 119 cm³/mol. The normalized spacial score (nSPS) is 15.4. The molecule has 1 amide bonds. The molecular formula is C21H21BrN2O2S2. The molecule has 1 unspecified atom stereocenters. The molecule has 7 heteroatoms. The van der Waals surface area contributed by atoms with Crippen LogP contribution in [0.4, 0.5) is 5.00 Å². The highest BCUT2D eigenvalue weighted by Crippen LogP contribution is 2.36. The van der Waals surface area contributed by atoms with Crippen LogP contribution in [0.5, 0.6) is 5.75 Å². The van der Waals surface area contributed by atoms with Gasteiger partial charge in [-0.05, 0) is 76.4 Å². The second-order valence-electron chi connectivity index (χ2n) is 6.97. The van der Waals surface area contributed by atoms with E-state index in [1.54, 1.807) is 0 Å². The maximum Gasteiger partial charge on any atom is 0.262 e. The quantitative estimate of drug-likeness (QED) is 0.552. The van der Waals surface area contributed by atoms with Gasteiger partial charge < -0.3 is 10.1 Å². The van der Waals surface area contributed by atoms with E-state index in [0.29, 0.717) is 22.2 Å². The van der Waals surface area contributed by atoms with Gasteiger partial charge in [-0.1, -0.05) is 32.1 Å². The van der Waals surface area contributed by atoms with E-state index in [9.17, 15) is 10.1 Å². The lowest BCUT2D eigenvalue weighted by molar-refractivity contribution is -0.118. The zero-order valence-corrected chi connectivity index (χ0v) is 19.0. The Labute approximate surface area is 182 Å². The van der Waals surface area contributed by atoms with Crippen molar-refractivity contribution in [3.8, 4) is 11.8 Å². The number of hydrogen-bond acceptors (Lipinski definition) is 5. The minimum atomic E-state index is -0.308. The summed E-state index contributed by atoms with van der Waals surface area (Å²) in [4.78, 5) is 12.4. The van der Waals surface area contributed by atoms with Crippen molar-refractivity contribution in [2.45, 2.75) is 39.5 Å². The number of benzene rings is 1. The number of carbonyl (C=O) groups is 1. The van der Waals surface area contributed by atoms with Crippen LogP contribution in [0.1, 0.15) is 42.5 Å². The van der Waals surface area contributed by atoms with Gasteiger partial charge in [0.25, 0.3) is 5.91 Å². The molecule has 0 saturated carbocycles. The van der Waals surface area contributed by atoms with E-state index < -0.39 is 0 Å². The van der Waals surface area contributed by atoms with Crippen molar-refractivity contribution < 1.29 is 9.53 Å². The average Bonchev–Trinajstić information content (AvgIpc) is 2.67. The van der Waals surface area contributed by atoms with E-state index in [0.717, 1.165) is 45.1 Å². The maximum absolute atomic E-state index is 12.4. The van der Waals surface area contributed by atoms with Crippen molar-refractivity contribution in [3.63, 3.8) is 0 Å². The second kappa shape index (κ2) is 9.17. The molecular weight excluding hydrogens is 456 g/mol. The molecule has 1 aliphatic rings. The number of fused-ring (bicyclic) bond motifs is 1. The summed E-state index contributed by atoms with van der Waals surface area (Å²) in [7, 11) is 0. The molecule has 0 aliphatic heterocycles. The average molecular weight is 477 g/mol. The predicted octanol–water partition coefficient (Wildman–Crippen LogP) is 5.82. The van der Waals surface area contributed by atoms with Crippen LogP contribution in [0, 0.1) is 21.1 Å². The maximum atomic E-state index is 12.4. The molecule has 0 spiro atoms. The number of ether oxygens (including phenoxy) is 1. The monoisotopic (exact) mass is 476 g/mol. The molecule has 0 fully saturated rings. The van der Waals surface area contributed by atoms with Crippen molar-refractivity contribution in [2.24, 2.45) is 5.92 Å². The summed E-state index contributed by atoms with van der Waals surface area (Å²) in [6.45, 7) is 4.14. The smallest absolute Gasteiger partial charge is 0.262 e. The van der Waals surface area contributed by atoms with E-state index >= 15 is 0 Å². The van der Waals surface area contributed by atoms with Crippen LogP contribution in [0.3, 0.4) is 0 Å². The largest absolute Gasteiger partial charge is 0.483 e. The number of carbonyl (C=O) groups excluding carboxylic acids is 1. The van der Waals surface area contributed by atoms with Crippen LogP contribution < -0.4 is 10.1 Å².